The second kappa shape index (κ2) is 9.60. The summed E-state index contributed by atoms with van der Waals surface area (Å²) in [7, 11) is 0. The Kier molecular flexibility index (Phi) is 7.20. The van der Waals surface area contributed by atoms with E-state index in [0.717, 1.165) is 24.9 Å². The van der Waals surface area contributed by atoms with Gasteiger partial charge in [-0.05, 0) is 31.9 Å². The molecule has 7 nitrogen and oxygen atoms in total. The maximum absolute atomic E-state index is 12.9. The minimum absolute atomic E-state index is 0.188. The van der Waals surface area contributed by atoms with E-state index >= 15 is 0 Å². The Balaban J connectivity index is 2.29. The molecule has 4 N–H and O–H groups in total. The van der Waals surface area contributed by atoms with Crippen LogP contribution in [0, 0.1) is 6.92 Å². The molecular formula is C19H27N5O2. The highest BCUT2D eigenvalue weighted by molar-refractivity contribution is 6.01. The zero-order chi connectivity index (χ0) is 18.9. The van der Waals surface area contributed by atoms with E-state index < -0.39 is 6.03 Å². The smallest absolute Gasteiger partial charge is 0.332 e. The molecular weight excluding hydrogens is 330 g/mol. The minimum atomic E-state index is -0.745. The van der Waals surface area contributed by atoms with Crippen LogP contribution in [-0.2, 0) is 0 Å². The van der Waals surface area contributed by atoms with E-state index in [4.69, 9.17) is 5.73 Å². The predicted molar refractivity (Wildman–Crippen MR) is 104 cm³/mol. The second-order valence-corrected chi connectivity index (χ2v) is 6.29. The van der Waals surface area contributed by atoms with Gasteiger partial charge in [0, 0.05) is 5.69 Å². The number of primary amides is 1. The standard InChI is InChI=1S/C19H27N5O2/c1-3-4-5-6-10-13-16(21-22-19(20)26)17-14(2)23-24(18(17)25)15-11-8-7-9-12-15/h7-9,11-12,23H,3-6,10,13H2,1-2H3,(H3,20,22,26). The number of amides is 2. The van der Waals surface area contributed by atoms with Crippen LogP contribution in [0.25, 0.3) is 5.69 Å². The molecule has 0 aliphatic rings. The van der Waals surface area contributed by atoms with Gasteiger partial charge in [-0.25, -0.2) is 14.9 Å². The van der Waals surface area contributed by atoms with E-state index in [2.05, 4.69) is 22.5 Å². The Hall–Kier alpha value is -2.83. The topological polar surface area (TPSA) is 105 Å². The summed E-state index contributed by atoms with van der Waals surface area (Å²) in [6.07, 6.45) is 6.06. The molecule has 0 fully saturated rings. The summed E-state index contributed by atoms with van der Waals surface area (Å²) in [5, 5.41) is 7.19. The minimum Gasteiger partial charge on any atom is -0.350 e. The Morgan fingerprint density at radius 3 is 2.54 bits per heavy atom. The van der Waals surface area contributed by atoms with Crippen LogP contribution in [0.4, 0.5) is 4.79 Å². The zero-order valence-electron chi connectivity index (χ0n) is 15.4. The molecule has 2 rings (SSSR count). The van der Waals surface area contributed by atoms with Crippen LogP contribution >= 0.6 is 0 Å². The van der Waals surface area contributed by atoms with Crippen LogP contribution in [0.2, 0.25) is 0 Å². The first kappa shape index (κ1) is 19.5. The normalized spacial score (nSPS) is 11.5. The summed E-state index contributed by atoms with van der Waals surface area (Å²) in [5.41, 5.74) is 9.70. The Morgan fingerprint density at radius 2 is 1.88 bits per heavy atom. The fourth-order valence-electron chi connectivity index (χ4n) is 2.90. The Morgan fingerprint density at radius 1 is 1.19 bits per heavy atom. The summed E-state index contributed by atoms with van der Waals surface area (Å²) in [6, 6.07) is 8.59. The molecule has 1 aromatic heterocycles. The number of hydrazone groups is 1. The lowest BCUT2D eigenvalue weighted by atomic mass is 10.0. The molecule has 0 spiro atoms. The number of benzene rings is 1. The average Bonchev–Trinajstić information content (AvgIpc) is 2.93. The van der Waals surface area contributed by atoms with E-state index in [1.54, 1.807) is 0 Å². The van der Waals surface area contributed by atoms with Crippen molar-refractivity contribution < 1.29 is 4.79 Å². The number of urea groups is 1. The van der Waals surface area contributed by atoms with Gasteiger partial charge < -0.3 is 5.73 Å². The van der Waals surface area contributed by atoms with Gasteiger partial charge in [-0.2, -0.15) is 5.10 Å². The molecule has 26 heavy (non-hydrogen) atoms. The molecule has 140 valence electrons. The van der Waals surface area contributed by atoms with Crippen molar-refractivity contribution in [3.05, 3.63) is 51.9 Å². The maximum Gasteiger partial charge on any atom is 0.332 e. The summed E-state index contributed by atoms with van der Waals surface area (Å²) >= 11 is 0. The highest BCUT2D eigenvalue weighted by Gasteiger charge is 2.18. The van der Waals surface area contributed by atoms with Crippen molar-refractivity contribution in [2.75, 3.05) is 0 Å². The van der Waals surface area contributed by atoms with E-state index in [1.807, 2.05) is 37.3 Å². The van der Waals surface area contributed by atoms with Crippen molar-refractivity contribution in [2.24, 2.45) is 10.8 Å². The van der Waals surface area contributed by atoms with Crippen molar-refractivity contribution in [2.45, 2.75) is 52.4 Å². The summed E-state index contributed by atoms with van der Waals surface area (Å²) in [4.78, 5) is 24.0. The monoisotopic (exact) mass is 357 g/mol. The van der Waals surface area contributed by atoms with Crippen LogP contribution in [0.3, 0.4) is 0 Å². The van der Waals surface area contributed by atoms with E-state index in [-0.39, 0.29) is 5.56 Å². The number of aromatic nitrogens is 2. The number of carbonyl (C=O) groups is 1. The summed E-state index contributed by atoms with van der Waals surface area (Å²) in [6.45, 7) is 3.99. The number of carbonyl (C=O) groups excluding carboxylic acids is 1. The third-order valence-corrected chi connectivity index (χ3v) is 4.19. The third-order valence-electron chi connectivity index (χ3n) is 4.19. The number of aryl methyl sites for hydroxylation is 1. The number of unbranched alkanes of at least 4 members (excludes halogenated alkanes) is 4. The first-order valence-corrected chi connectivity index (χ1v) is 9.04. The summed E-state index contributed by atoms with van der Waals surface area (Å²) < 4.78 is 1.49. The van der Waals surface area contributed by atoms with Crippen molar-refractivity contribution in [3.8, 4) is 5.69 Å². The molecule has 0 aliphatic heterocycles. The van der Waals surface area contributed by atoms with Crippen LogP contribution in [0.1, 0.15) is 56.7 Å². The highest BCUT2D eigenvalue weighted by atomic mass is 16.2. The molecule has 0 saturated carbocycles. The fourth-order valence-corrected chi connectivity index (χ4v) is 2.90. The molecule has 0 unspecified atom stereocenters. The van der Waals surface area contributed by atoms with Crippen LogP contribution < -0.4 is 16.7 Å². The van der Waals surface area contributed by atoms with Crippen molar-refractivity contribution in [1.82, 2.24) is 15.2 Å². The van der Waals surface area contributed by atoms with Gasteiger partial charge in [0.15, 0.2) is 0 Å². The van der Waals surface area contributed by atoms with Gasteiger partial charge >= 0.3 is 6.03 Å². The van der Waals surface area contributed by atoms with Crippen molar-refractivity contribution in [3.63, 3.8) is 0 Å². The molecule has 0 aliphatic carbocycles. The van der Waals surface area contributed by atoms with Gasteiger partial charge in [0.1, 0.15) is 0 Å². The van der Waals surface area contributed by atoms with Crippen LogP contribution in [0.5, 0.6) is 0 Å². The van der Waals surface area contributed by atoms with Crippen molar-refractivity contribution >= 4 is 11.7 Å². The predicted octanol–water partition coefficient (Wildman–Crippen LogP) is 3.21. The number of H-pyrrole nitrogens is 1. The van der Waals surface area contributed by atoms with E-state index in [9.17, 15) is 9.59 Å². The molecule has 0 saturated heterocycles. The third kappa shape index (κ3) is 5.08. The van der Waals surface area contributed by atoms with Gasteiger partial charge in [0.2, 0.25) is 0 Å². The van der Waals surface area contributed by atoms with E-state index in [1.165, 1.54) is 17.5 Å². The molecule has 0 radical (unpaired) electrons. The summed E-state index contributed by atoms with van der Waals surface area (Å²) in [5.74, 6) is 0. The molecule has 1 aromatic carbocycles. The maximum atomic E-state index is 12.9. The number of nitrogens with one attached hydrogen (secondary N) is 2. The molecule has 2 amide bonds. The van der Waals surface area contributed by atoms with Gasteiger partial charge in [-0.3, -0.25) is 9.89 Å². The molecule has 0 atom stereocenters. The second-order valence-electron chi connectivity index (χ2n) is 6.29. The molecule has 2 aromatic rings. The number of nitrogens with zero attached hydrogens (tertiary/aromatic N) is 2. The highest BCUT2D eigenvalue weighted by Crippen LogP contribution is 2.13. The number of rotatable bonds is 9. The lowest BCUT2D eigenvalue weighted by molar-refractivity contribution is 0.249. The van der Waals surface area contributed by atoms with Gasteiger partial charge in [0.25, 0.3) is 5.56 Å². The quantitative estimate of drug-likeness (QED) is 0.364. The molecule has 7 heteroatoms. The van der Waals surface area contributed by atoms with Gasteiger partial charge in [-0.15, -0.1) is 0 Å². The molecule has 1 heterocycles. The van der Waals surface area contributed by atoms with Gasteiger partial charge in [0.05, 0.1) is 17.0 Å². The fraction of sp³-hybridized carbons (Fsp3) is 0.421. The first-order chi connectivity index (χ1) is 12.5. The van der Waals surface area contributed by atoms with Crippen LogP contribution in [-0.4, -0.2) is 21.5 Å². The number of nitrogens with two attached hydrogens (primary N) is 1. The zero-order valence-corrected chi connectivity index (χ0v) is 15.4. The Bertz CT molecular complexity index is 805. The average molecular weight is 357 g/mol. The van der Waals surface area contributed by atoms with Crippen LogP contribution in [0.15, 0.2) is 40.2 Å². The number of hydrogen-bond donors (Lipinski definition) is 3. The first-order valence-electron chi connectivity index (χ1n) is 9.04. The van der Waals surface area contributed by atoms with Crippen molar-refractivity contribution in [1.29, 1.82) is 0 Å². The SMILES string of the molecule is CCCCCCCC(=NNC(N)=O)c1c(C)[nH]n(-c2ccccc2)c1=O. The van der Waals surface area contributed by atoms with Gasteiger partial charge in [-0.1, -0.05) is 50.8 Å². The number of aromatic amines is 1. The Labute approximate surface area is 153 Å². The lowest BCUT2D eigenvalue weighted by Crippen LogP contribution is -2.28. The number of hydrogen-bond acceptors (Lipinski definition) is 3. The largest absolute Gasteiger partial charge is 0.350 e. The molecule has 0 bridgehead atoms. The van der Waals surface area contributed by atoms with E-state index in [0.29, 0.717) is 23.4 Å². The lowest BCUT2D eigenvalue weighted by Gasteiger charge is -2.05. The number of para-hydroxylation sites is 1.